The molecule has 0 bridgehead atoms. The van der Waals surface area contributed by atoms with Crippen LogP contribution in [-0.4, -0.2) is 67.2 Å². The minimum atomic E-state index is -0.451. The van der Waals surface area contributed by atoms with E-state index in [1.54, 1.807) is 6.33 Å². The van der Waals surface area contributed by atoms with Crippen LogP contribution in [0.2, 0.25) is 0 Å². The number of nitrogens with one attached hydrogen (secondary N) is 1. The second-order valence-electron chi connectivity index (χ2n) is 8.43. The Bertz CT molecular complexity index is 844. The molecule has 0 unspecified atom stereocenters. The molecule has 160 valence electrons. The molecule has 1 aromatic carbocycles. The second-order valence-corrected chi connectivity index (χ2v) is 8.43. The lowest BCUT2D eigenvalue weighted by molar-refractivity contribution is -0.142. The Morgan fingerprint density at radius 2 is 1.83 bits per heavy atom. The number of anilines is 2. The normalized spacial score (nSPS) is 19.3. The van der Waals surface area contributed by atoms with E-state index < -0.39 is 5.41 Å². The first-order chi connectivity index (χ1) is 14.6. The van der Waals surface area contributed by atoms with E-state index in [2.05, 4.69) is 32.3 Å². The van der Waals surface area contributed by atoms with Crippen molar-refractivity contribution < 1.29 is 9.53 Å². The molecule has 7 nitrogen and oxygen atoms in total. The number of rotatable bonds is 5. The number of benzene rings is 1. The van der Waals surface area contributed by atoms with Crippen LogP contribution in [0.4, 0.5) is 11.6 Å². The molecule has 0 atom stereocenters. The molecule has 4 rings (SSSR count). The van der Waals surface area contributed by atoms with Crippen molar-refractivity contribution >= 4 is 17.5 Å². The van der Waals surface area contributed by atoms with Gasteiger partial charge in [-0.15, -0.1) is 0 Å². The van der Waals surface area contributed by atoms with Crippen LogP contribution in [0.1, 0.15) is 31.2 Å². The first-order valence-electron chi connectivity index (χ1n) is 10.8. The van der Waals surface area contributed by atoms with Crippen LogP contribution in [-0.2, 0) is 14.9 Å². The molecule has 2 aromatic rings. The Balaban J connectivity index is 1.41. The third kappa shape index (κ3) is 4.26. The van der Waals surface area contributed by atoms with Crippen molar-refractivity contribution in [3.05, 3.63) is 48.3 Å². The second kappa shape index (κ2) is 9.00. The number of carbonyl (C=O) groups excluding carboxylic acids is 1. The summed E-state index contributed by atoms with van der Waals surface area (Å²) in [5, 5.41) is 3.52. The molecule has 0 spiro atoms. The van der Waals surface area contributed by atoms with Crippen molar-refractivity contribution in [3.8, 4) is 0 Å². The maximum Gasteiger partial charge on any atom is 0.233 e. The van der Waals surface area contributed by atoms with Crippen molar-refractivity contribution in [3.63, 3.8) is 0 Å². The fourth-order valence-electron chi connectivity index (χ4n) is 4.51. The van der Waals surface area contributed by atoms with Crippen LogP contribution in [0.25, 0.3) is 0 Å². The quantitative estimate of drug-likeness (QED) is 0.819. The molecule has 7 heteroatoms. The van der Waals surface area contributed by atoms with Crippen molar-refractivity contribution in [2.45, 2.75) is 37.1 Å². The lowest BCUT2D eigenvalue weighted by atomic mass is 9.72. The van der Waals surface area contributed by atoms with Gasteiger partial charge in [0.2, 0.25) is 5.91 Å². The summed E-state index contributed by atoms with van der Waals surface area (Å²) in [6.45, 7) is 2.80. The summed E-state index contributed by atoms with van der Waals surface area (Å²) < 4.78 is 5.60. The molecule has 3 heterocycles. The van der Waals surface area contributed by atoms with Gasteiger partial charge in [0.1, 0.15) is 18.0 Å². The van der Waals surface area contributed by atoms with Crippen LogP contribution in [0.15, 0.2) is 42.7 Å². The highest BCUT2D eigenvalue weighted by atomic mass is 16.5. The number of amides is 1. The fourth-order valence-corrected chi connectivity index (χ4v) is 4.51. The highest BCUT2D eigenvalue weighted by Crippen LogP contribution is 2.37. The number of piperidine rings is 1. The summed E-state index contributed by atoms with van der Waals surface area (Å²) in [6.07, 6.45) is 4.92. The maximum absolute atomic E-state index is 13.7. The zero-order chi connectivity index (χ0) is 21.0. The van der Waals surface area contributed by atoms with Gasteiger partial charge in [-0.25, -0.2) is 9.97 Å². The van der Waals surface area contributed by atoms with Crippen molar-refractivity contribution in [1.82, 2.24) is 14.9 Å². The van der Waals surface area contributed by atoms with E-state index in [4.69, 9.17) is 4.74 Å². The van der Waals surface area contributed by atoms with Crippen molar-refractivity contribution in [2.75, 3.05) is 50.6 Å². The molecule has 30 heavy (non-hydrogen) atoms. The maximum atomic E-state index is 13.7. The van der Waals surface area contributed by atoms with Crippen LogP contribution in [0.5, 0.6) is 0 Å². The number of ether oxygens (including phenoxy) is 1. The minimum absolute atomic E-state index is 0.257. The molecular weight excluding hydrogens is 378 g/mol. The molecule has 1 aromatic heterocycles. The van der Waals surface area contributed by atoms with Gasteiger partial charge in [0.05, 0.1) is 5.41 Å². The summed E-state index contributed by atoms with van der Waals surface area (Å²) in [4.78, 5) is 26.3. The van der Waals surface area contributed by atoms with E-state index >= 15 is 0 Å². The predicted molar refractivity (Wildman–Crippen MR) is 118 cm³/mol. The smallest absolute Gasteiger partial charge is 0.233 e. The Labute approximate surface area is 178 Å². The van der Waals surface area contributed by atoms with Gasteiger partial charge in [-0.3, -0.25) is 4.79 Å². The topological polar surface area (TPSA) is 70.6 Å². The predicted octanol–water partition coefficient (Wildman–Crippen LogP) is 2.69. The number of nitrogens with zero attached hydrogens (tertiary/aromatic N) is 4. The van der Waals surface area contributed by atoms with Gasteiger partial charge in [-0.05, 0) is 31.2 Å². The third-order valence-corrected chi connectivity index (χ3v) is 6.33. The average molecular weight is 410 g/mol. The number of hydrogen-bond acceptors (Lipinski definition) is 6. The highest BCUT2D eigenvalue weighted by Gasteiger charge is 2.44. The molecule has 2 saturated heterocycles. The number of hydrogen-bond donors (Lipinski definition) is 1. The monoisotopic (exact) mass is 409 g/mol. The standard InChI is InChI=1S/C23H31N5O2/c1-27(2)21-16-20(24-17-25-21)26-19-8-12-28(13-9-19)22(29)23(10-14-30-15-11-23)18-6-4-3-5-7-18/h3-7,16-17,19H,8-15H2,1-2H3,(H,24,25,26). The first-order valence-corrected chi connectivity index (χ1v) is 10.8. The number of aromatic nitrogens is 2. The highest BCUT2D eigenvalue weighted by molar-refractivity contribution is 5.88. The lowest BCUT2D eigenvalue weighted by Gasteiger charge is -2.42. The largest absolute Gasteiger partial charge is 0.381 e. The Hall–Kier alpha value is -2.67. The third-order valence-electron chi connectivity index (χ3n) is 6.33. The summed E-state index contributed by atoms with van der Waals surface area (Å²) >= 11 is 0. The molecule has 2 aliphatic rings. The van der Waals surface area contributed by atoms with E-state index in [0.717, 1.165) is 56.0 Å². The Morgan fingerprint density at radius 3 is 2.50 bits per heavy atom. The first kappa shape index (κ1) is 20.6. The van der Waals surface area contributed by atoms with Crippen LogP contribution >= 0.6 is 0 Å². The summed E-state index contributed by atoms with van der Waals surface area (Å²) in [5.74, 6) is 1.97. The van der Waals surface area contributed by atoms with Crippen molar-refractivity contribution in [2.24, 2.45) is 0 Å². The molecule has 2 fully saturated rings. The summed E-state index contributed by atoms with van der Waals surface area (Å²) in [7, 11) is 3.93. The van der Waals surface area contributed by atoms with E-state index in [9.17, 15) is 4.79 Å². The minimum Gasteiger partial charge on any atom is -0.381 e. The molecule has 0 saturated carbocycles. The lowest BCUT2D eigenvalue weighted by Crippen LogP contribution is -2.53. The van der Waals surface area contributed by atoms with Crippen molar-refractivity contribution in [1.29, 1.82) is 0 Å². The van der Waals surface area contributed by atoms with Gasteiger partial charge in [0.25, 0.3) is 0 Å². The summed E-state index contributed by atoms with van der Waals surface area (Å²) in [5.41, 5.74) is 0.670. The van der Waals surface area contributed by atoms with E-state index in [0.29, 0.717) is 19.3 Å². The van der Waals surface area contributed by atoms with Gasteiger partial charge >= 0.3 is 0 Å². The molecule has 1 amide bonds. The Kier molecular flexibility index (Phi) is 6.18. The van der Waals surface area contributed by atoms with Crippen LogP contribution < -0.4 is 10.2 Å². The van der Waals surface area contributed by atoms with Gasteiger partial charge in [0.15, 0.2) is 0 Å². The molecule has 0 aliphatic carbocycles. The molecule has 2 aliphatic heterocycles. The average Bonchev–Trinajstić information content (AvgIpc) is 2.80. The summed E-state index contributed by atoms with van der Waals surface area (Å²) in [6, 6.07) is 12.5. The van der Waals surface area contributed by atoms with Gasteiger partial charge < -0.3 is 19.9 Å². The molecule has 1 N–H and O–H groups in total. The van der Waals surface area contributed by atoms with Gasteiger partial charge in [0, 0.05) is 52.5 Å². The zero-order valence-corrected chi connectivity index (χ0v) is 17.9. The molecular formula is C23H31N5O2. The van der Waals surface area contributed by atoms with Gasteiger partial charge in [-0.1, -0.05) is 30.3 Å². The fraction of sp³-hybridized carbons (Fsp3) is 0.522. The van der Waals surface area contributed by atoms with E-state index in [-0.39, 0.29) is 5.91 Å². The number of likely N-dealkylation sites (tertiary alicyclic amines) is 1. The van der Waals surface area contributed by atoms with Crippen LogP contribution in [0.3, 0.4) is 0 Å². The van der Waals surface area contributed by atoms with E-state index in [1.807, 2.05) is 43.3 Å². The Morgan fingerprint density at radius 1 is 1.13 bits per heavy atom. The van der Waals surface area contributed by atoms with Crippen LogP contribution in [0, 0.1) is 0 Å². The number of carbonyl (C=O) groups is 1. The molecule has 0 radical (unpaired) electrons. The van der Waals surface area contributed by atoms with Gasteiger partial charge in [-0.2, -0.15) is 0 Å². The zero-order valence-electron chi connectivity index (χ0n) is 17.9. The van der Waals surface area contributed by atoms with E-state index in [1.165, 1.54) is 0 Å². The SMILES string of the molecule is CN(C)c1cc(NC2CCN(C(=O)C3(c4ccccc4)CCOCC3)CC2)ncn1.